The van der Waals surface area contributed by atoms with Gasteiger partial charge < -0.3 is 15.4 Å². The Labute approximate surface area is 195 Å². The van der Waals surface area contributed by atoms with E-state index in [2.05, 4.69) is 4.98 Å². The van der Waals surface area contributed by atoms with Crippen molar-refractivity contribution in [2.45, 2.75) is 30.9 Å². The van der Waals surface area contributed by atoms with Gasteiger partial charge in [0, 0.05) is 29.4 Å². The van der Waals surface area contributed by atoms with Crippen molar-refractivity contribution in [1.29, 1.82) is 0 Å². The van der Waals surface area contributed by atoms with Crippen molar-refractivity contribution in [2.75, 3.05) is 13.2 Å². The van der Waals surface area contributed by atoms with Crippen molar-refractivity contribution in [3.63, 3.8) is 0 Å². The summed E-state index contributed by atoms with van der Waals surface area (Å²) in [5.74, 6) is -1.53. The van der Waals surface area contributed by atoms with Crippen molar-refractivity contribution >= 4 is 28.9 Å². The number of carbonyl (C=O) groups is 3. The molecule has 2 saturated heterocycles. The fourth-order valence-corrected chi connectivity index (χ4v) is 5.52. The van der Waals surface area contributed by atoms with Crippen LogP contribution >= 0.6 is 11.3 Å². The zero-order chi connectivity index (χ0) is 22.9. The first-order valence-electron chi connectivity index (χ1n) is 10.8. The van der Waals surface area contributed by atoms with Gasteiger partial charge in [-0.3, -0.25) is 19.4 Å². The van der Waals surface area contributed by atoms with Crippen LogP contribution in [0.3, 0.4) is 0 Å². The summed E-state index contributed by atoms with van der Waals surface area (Å²) in [5, 5.41) is 1.98. The maximum Gasteiger partial charge on any atom is 0.249 e. The van der Waals surface area contributed by atoms with Crippen molar-refractivity contribution in [3.05, 3.63) is 76.9 Å². The van der Waals surface area contributed by atoms with E-state index in [0.29, 0.717) is 30.5 Å². The van der Waals surface area contributed by atoms with Gasteiger partial charge in [0.15, 0.2) is 5.78 Å². The van der Waals surface area contributed by atoms with E-state index in [4.69, 9.17) is 10.5 Å². The molecule has 3 atom stereocenters. The number of Topliss-reactive ketones (excluding diaryl/α,β-unsaturated/α-hetero) is 1. The van der Waals surface area contributed by atoms with Crippen LogP contribution in [0.25, 0.3) is 10.4 Å². The van der Waals surface area contributed by atoms with Crippen LogP contribution in [-0.2, 0) is 20.7 Å². The summed E-state index contributed by atoms with van der Waals surface area (Å²) in [7, 11) is 0. The monoisotopic (exact) mass is 461 g/mol. The highest BCUT2D eigenvalue weighted by molar-refractivity contribution is 7.13. The molecule has 3 aromatic rings. The zero-order valence-electron chi connectivity index (χ0n) is 17.8. The van der Waals surface area contributed by atoms with Gasteiger partial charge in [-0.25, -0.2) is 0 Å². The number of likely N-dealkylation sites (tertiary alicyclic amines) is 1. The first-order valence-corrected chi connectivity index (χ1v) is 11.7. The maximum absolute atomic E-state index is 14.0. The van der Waals surface area contributed by atoms with Crippen LogP contribution < -0.4 is 5.73 Å². The van der Waals surface area contributed by atoms with E-state index in [1.54, 1.807) is 34.7 Å². The smallest absolute Gasteiger partial charge is 0.249 e. The minimum absolute atomic E-state index is 0.0362. The van der Waals surface area contributed by atoms with Crippen LogP contribution in [0.5, 0.6) is 0 Å². The SMILES string of the molecule is NC(=O)c1ccc(-c2cccs2)cc1C(Cc1ccncc1)C(=O)N1CCC2OCC(=O)C21. The fourth-order valence-electron chi connectivity index (χ4n) is 4.80. The summed E-state index contributed by atoms with van der Waals surface area (Å²) in [4.78, 5) is 45.5. The number of nitrogens with zero attached hydrogens (tertiary/aromatic N) is 2. The Kier molecular flexibility index (Phi) is 5.78. The van der Waals surface area contributed by atoms with Gasteiger partial charge in [0.2, 0.25) is 11.8 Å². The normalized spacial score (nSPS) is 20.6. The maximum atomic E-state index is 14.0. The third kappa shape index (κ3) is 4.07. The van der Waals surface area contributed by atoms with E-state index in [-0.39, 0.29) is 24.4 Å². The number of amides is 2. The highest BCUT2D eigenvalue weighted by atomic mass is 32.1. The van der Waals surface area contributed by atoms with Gasteiger partial charge in [-0.15, -0.1) is 11.3 Å². The topological polar surface area (TPSA) is 103 Å². The number of hydrogen-bond donors (Lipinski definition) is 1. The molecular formula is C25H23N3O4S. The van der Waals surface area contributed by atoms with E-state index < -0.39 is 17.9 Å². The molecule has 2 N–H and O–H groups in total. The molecule has 2 aromatic heterocycles. The second-order valence-corrected chi connectivity index (χ2v) is 9.28. The largest absolute Gasteiger partial charge is 0.368 e. The van der Waals surface area contributed by atoms with Crippen LogP contribution in [-0.4, -0.2) is 52.8 Å². The van der Waals surface area contributed by atoms with Gasteiger partial charge in [0.1, 0.15) is 12.6 Å². The predicted octanol–water partition coefficient (Wildman–Crippen LogP) is 2.80. The average molecular weight is 462 g/mol. The molecule has 1 aromatic carbocycles. The van der Waals surface area contributed by atoms with E-state index in [1.807, 2.05) is 41.8 Å². The van der Waals surface area contributed by atoms with Gasteiger partial charge in [-0.05, 0) is 65.2 Å². The predicted molar refractivity (Wildman–Crippen MR) is 124 cm³/mol. The number of benzene rings is 1. The summed E-state index contributed by atoms with van der Waals surface area (Å²) in [6, 6.07) is 12.5. The van der Waals surface area contributed by atoms with E-state index in [0.717, 1.165) is 16.0 Å². The summed E-state index contributed by atoms with van der Waals surface area (Å²) in [5.41, 5.74) is 8.44. The van der Waals surface area contributed by atoms with Crippen molar-refractivity contribution in [2.24, 2.45) is 5.73 Å². The summed E-state index contributed by atoms with van der Waals surface area (Å²) in [6.07, 6.45) is 4.08. The summed E-state index contributed by atoms with van der Waals surface area (Å²) in [6.45, 7) is 0.484. The number of rotatable bonds is 6. The zero-order valence-corrected chi connectivity index (χ0v) is 18.7. The van der Waals surface area contributed by atoms with Crippen LogP contribution in [0.15, 0.2) is 60.2 Å². The molecule has 0 saturated carbocycles. The molecular weight excluding hydrogens is 438 g/mol. The fraction of sp³-hybridized carbons (Fsp3) is 0.280. The number of fused-ring (bicyclic) bond motifs is 1. The molecule has 33 heavy (non-hydrogen) atoms. The van der Waals surface area contributed by atoms with Gasteiger partial charge in [-0.1, -0.05) is 12.1 Å². The molecule has 0 spiro atoms. The number of aromatic nitrogens is 1. The molecule has 2 aliphatic heterocycles. The Morgan fingerprint density at radius 1 is 1.21 bits per heavy atom. The second kappa shape index (κ2) is 8.88. The Balaban J connectivity index is 1.60. The molecule has 2 aliphatic rings. The highest BCUT2D eigenvalue weighted by Gasteiger charge is 2.48. The van der Waals surface area contributed by atoms with E-state index in [9.17, 15) is 14.4 Å². The second-order valence-electron chi connectivity index (χ2n) is 8.34. The first kappa shape index (κ1) is 21.5. The average Bonchev–Trinajstić information content (AvgIpc) is 3.57. The molecule has 0 bridgehead atoms. The molecule has 7 nitrogen and oxygen atoms in total. The van der Waals surface area contributed by atoms with E-state index in [1.165, 1.54) is 0 Å². The number of nitrogens with two attached hydrogens (primary N) is 1. The molecule has 0 radical (unpaired) electrons. The van der Waals surface area contributed by atoms with E-state index >= 15 is 0 Å². The van der Waals surface area contributed by atoms with Crippen molar-refractivity contribution in [3.8, 4) is 10.4 Å². The summed E-state index contributed by atoms with van der Waals surface area (Å²) < 4.78 is 5.58. The number of thiophene rings is 1. The van der Waals surface area contributed by atoms with Gasteiger partial charge in [0.25, 0.3) is 0 Å². The minimum Gasteiger partial charge on any atom is -0.368 e. The standard InChI is InChI=1S/C25H23N3O4S/c26-24(30)17-4-3-16(22-2-1-11-33-22)13-18(17)19(12-15-5-8-27-9-6-15)25(31)28-10-7-21-23(28)20(29)14-32-21/h1-6,8-9,11,13,19,21,23H,7,10,12,14H2,(H2,26,30). The number of hydrogen-bond acceptors (Lipinski definition) is 6. The quantitative estimate of drug-likeness (QED) is 0.608. The molecule has 8 heteroatoms. The van der Waals surface area contributed by atoms with Crippen LogP contribution in [0.1, 0.15) is 33.8 Å². The molecule has 5 rings (SSSR count). The Bertz CT molecular complexity index is 1200. The van der Waals surface area contributed by atoms with Gasteiger partial charge in [0.05, 0.1) is 12.0 Å². The third-order valence-electron chi connectivity index (χ3n) is 6.38. The number of pyridine rings is 1. The lowest BCUT2D eigenvalue weighted by molar-refractivity contribution is -0.137. The number of ether oxygens (including phenoxy) is 1. The minimum atomic E-state index is -0.679. The van der Waals surface area contributed by atoms with Crippen LogP contribution in [0.2, 0.25) is 0 Å². The number of ketones is 1. The lowest BCUT2D eigenvalue weighted by atomic mass is 9.86. The molecule has 3 unspecified atom stereocenters. The number of carbonyl (C=O) groups excluding carboxylic acids is 3. The molecule has 0 aliphatic carbocycles. The van der Waals surface area contributed by atoms with Gasteiger partial charge in [-0.2, -0.15) is 0 Å². The van der Waals surface area contributed by atoms with Crippen LogP contribution in [0.4, 0.5) is 0 Å². The Morgan fingerprint density at radius 3 is 2.76 bits per heavy atom. The van der Waals surface area contributed by atoms with Crippen molar-refractivity contribution in [1.82, 2.24) is 9.88 Å². The first-order chi connectivity index (χ1) is 16.0. The molecule has 2 fully saturated rings. The summed E-state index contributed by atoms with van der Waals surface area (Å²) >= 11 is 1.58. The lowest BCUT2D eigenvalue weighted by Crippen LogP contribution is -2.44. The Hall–Kier alpha value is -3.36. The number of primary amides is 1. The molecule has 4 heterocycles. The van der Waals surface area contributed by atoms with Gasteiger partial charge >= 0.3 is 0 Å². The van der Waals surface area contributed by atoms with Crippen molar-refractivity contribution < 1.29 is 19.1 Å². The molecule has 168 valence electrons. The Morgan fingerprint density at radius 2 is 2.03 bits per heavy atom. The third-order valence-corrected chi connectivity index (χ3v) is 7.30. The lowest BCUT2D eigenvalue weighted by Gasteiger charge is -2.28. The van der Waals surface area contributed by atoms with Crippen LogP contribution in [0, 0.1) is 0 Å². The highest BCUT2D eigenvalue weighted by Crippen LogP contribution is 2.35. The molecule has 2 amide bonds.